The molecule has 0 radical (unpaired) electrons. The Labute approximate surface area is 101 Å². The third-order valence-corrected chi connectivity index (χ3v) is 3.15. The first-order chi connectivity index (χ1) is 8.31. The van der Waals surface area contributed by atoms with E-state index in [-0.39, 0.29) is 0 Å². The van der Waals surface area contributed by atoms with Crippen molar-refractivity contribution in [3.05, 3.63) is 48.0 Å². The number of nitrogens with zero attached hydrogens (tertiary/aromatic N) is 4. The molecule has 1 saturated heterocycles. The van der Waals surface area contributed by atoms with Crippen molar-refractivity contribution in [2.24, 2.45) is 0 Å². The van der Waals surface area contributed by atoms with Crippen LogP contribution in [0, 0.1) is 6.92 Å². The van der Waals surface area contributed by atoms with Crippen molar-refractivity contribution in [2.45, 2.75) is 19.5 Å². The lowest BCUT2D eigenvalue weighted by molar-refractivity contribution is 0.0895. The summed E-state index contributed by atoms with van der Waals surface area (Å²) in [5.74, 6) is 0. The maximum atomic E-state index is 4.35. The summed E-state index contributed by atoms with van der Waals surface area (Å²) in [6, 6.07) is 6.60. The van der Waals surface area contributed by atoms with Gasteiger partial charge in [0, 0.05) is 32.0 Å². The monoisotopic (exact) mass is 228 g/mol. The molecule has 17 heavy (non-hydrogen) atoms. The molecule has 0 bridgehead atoms. The number of aryl methyl sites for hydroxylation is 1. The van der Waals surface area contributed by atoms with Crippen LogP contribution in [0.4, 0.5) is 0 Å². The normalized spacial score (nSPS) is 17.0. The maximum Gasteiger partial charge on any atom is 0.0773 e. The summed E-state index contributed by atoms with van der Waals surface area (Å²) in [5, 5.41) is 4.35. The minimum Gasteiger partial charge on any atom is -0.293 e. The molecule has 0 amide bonds. The zero-order chi connectivity index (χ0) is 11.7. The van der Waals surface area contributed by atoms with Crippen molar-refractivity contribution >= 4 is 0 Å². The van der Waals surface area contributed by atoms with Gasteiger partial charge in [-0.3, -0.25) is 14.6 Å². The summed E-state index contributed by atoms with van der Waals surface area (Å²) < 4.78 is 2.07. The Kier molecular flexibility index (Phi) is 2.65. The third kappa shape index (κ3) is 2.22. The molecule has 0 N–H and O–H groups in total. The number of pyridine rings is 1. The molecule has 3 heterocycles. The quantitative estimate of drug-likeness (QED) is 0.801. The van der Waals surface area contributed by atoms with Gasteiger partial charge in [0.05, 0.1) is 17.9 Å². The summed E-state index contributed by atoms with van der Waals surface area (Å²) in [4.78, 5) is 6.73. The topological polar surface area (TPSA) is 34.0 Å². The van der Waals surface area contributed by atoms with Gasteiger partial charge in [-0.25, -0.2) is 0 Å². The van der Waals surface area contributed by atoms with Crippen molar-refractivity contribution < 1.29 is 0 Å². The van der Waals surface area contributed by atoms with Gasteiger partial charge in [-0.1, -0.05) is 6.07 Å². The molecule has 2 aromatic rings. The molecule has 0 aromatic carbocycles. The average molecular weight is 228 g/mol. The van der Waals surface area contributed by atoms with Gasteiger partial charge < -0.3 is 0 Å². The molecule has 3 rings (SSSR count). The smallest absolute Gasteiger partial charge is 0.0773 e. The van der Waals surface area contributed by atoms with Crippen LogP contribution in [0.2, 0.25) is 0 Å². The van der Waals surface area contributed by atoms with E-state index >= 15 is 0 Å². The number of aromatic nitrogens is 3. The highest BCUT2D eigenvalue weighted by molar-refractivity contribution is 5.05. The Morgan fingerprint density at radius 2 is 2.24 bits per heavy atom. The summed E-state index contributed by atoms with van der Waals surface area (Å²) in [6.45, 7) is 5.15. The van der Waals surface area contributed by atoms with Crippen LogP contribution in [0.5, 0.6) is 0 Å². The molecule has 1 fully saturated rings. The van der Waals surface area contributed by atoms with E-state index in [1.165, 1.54) is 5.56 Å². The molecule has 0 spiro atoms. The van der Waals surface area contributed by atoms with Gasteiger partial charge in [0.1, 0.15) is 0 Å². The van der Waals surface area contributed by atoms with Gasteiger partial charge in [0.15, 0.2) is 0 Å². The van der Waals surface area contributed by atoms with Gasteiger partial charge in [-0.05, 0) is 24.6 Å². The molecule has 1 aliphatic rings. The second-order valence-electron chi connectivity index (χ2n) is 4.67. The molecule has 4 heteroatoms. The van der Waals surface area contributed by atoms with E-state index in [1.807, 2.05) is 24.5 Å². The number of rotatable bonds is 3. The fraction of sp³-hybridized carbons (Fsp3) is 0.385. The largest absolute Gasteiger partial charge is 0.293 e. The molecule has 0 aliphatic carbocycles. The van der Waals surface area contributed by atoms with Gasteiger partial charge in [-0.2, -0.15) is 5.10 Å². The van der Waals surface area contributed by atoms with Crippen LogP contribution in [-0.2, 0) is 6.54 Å². The average Bonchev–Trinajstić information content (AvgIpc) is 2.71. The van der Waals surface area contributed by atoms with Crippen molar-refractivity contribution in [3.8, 4) is 0 Å². The summed E-state index contributed by atoms with van der Waals surface area (Å²) >= 11 is 0. The second-order valence-corrected chi connectivity index (χ2v) is 4.67. The van der Waals surface area contributed by atoms with E-state index in [0.717, 1.165) is 25.3 Å². The molecule has 88 valence electrons. The predicted molar refractivity (Wildman–Crippen MR) is 65.5 cm³/mol. The summed E-state index contributed by atoms with van der Waals surface area (Å²) in [5.41, 5.74) is 2.37. The standard InChI is InChI=1S/C13H16N4/c1-11-6-15-17(7-11)13-9-16(10-13)8-12-4-2-3-5-14-12/h2-7,13H,8-10H2,1H3. The number of likely N-dealkylation sites (tertiary alicyclic amines) is 1. The fourth-order valence-electron chi connectivity index (χ4n) is 2.19. The first-order valence-corrected chi connectivity index (χ1v) is 5.94. The molecule has 2 aromatic heterocycles. The van der Waals surface area contributed by atoms with Crippen molar-refractivity contribution in [3.63, 3.8) is 0 Å². The Morgan fingerprint density at radius 3 is 2.88 bits per heavy atom. The van der Waals surface area contributed by atoms with Gasteiger partial charge in [-0.15, -0.1) is 0 Å². The van der Waals surface area contributed by atoms with Crippen molar-refractivity contribution in [2.75, 3.05) is 13.1 Å². The zero-order valence-corrected chi connectivity index (χ0v) is 9.95. The minimum atomic E-state index is 0.535. The summed E-state index contributed by atoms with van der Waals surface area (Å²) in [7, 11) is 0. The lowest BCUT2D eigenvalue weighted by Crippen LogP contribution is -2.47. The van der Waals surface area contributed by atoms with Crippen LogP contribution in [0.3, 0.4) is 0 Å². The van der Waals surface area contributed by atoms with Crippen LogP contribution < -0.4 is 0 Å². The molecule has 0 unspecified atom stereocenters. The number of hydrogen-bond donors (Lipinski definition) is 0. The SMILES string of the molecule is Cc1cnn(C2CN(Cc3ccccn3)C2)c1. The third-order valence-electron chi connectivity index (χ3n) is 3.15. The molecule has 0 atom stereocenters. The first kappa shape index (κ1) is 10.5. The minimum absolute atomic E-state index is 0.535. The number of hydrogen-bond acceptors (Lipinski definition) is 3. The van der Waals surface area contributed by atoms with E-state index in [2.05, 4.69) is 38.9 Å². The van der Waals surface area contributed by atoms with Gasteiger partial charge in [0.2, 0.25) is 0 Å². The van der Waals surface area contributed by atoms with Crippen LogP contribution >= 0.6 is 0 Å². The van der Waals surface area contributed by atoms with Gasteiger partial charge >= 0.3 is 0 Å². The van der Waals surface area contributed by atoms with Gasteiger partial charge in [0.25, 0.3) is 0 Å². The lowest BCUT2D eigenvalue weighted by atomic mass is 10.1. The second kappa shape index (κ2) is 4.30. The van der Waals surface area contributed by atoms with E-state index in [1.54, 1.807) is 0 Å². The maximum absolute atomic E-state index is 4.35. The van der Waals surface area contributed by atoms with Crippen LogP contribution in [0.1, 0.15) is 17.3 Å². The Hall–Kier alpha value is -1.68. The highest BCUT2D eigenvalue weighted by Crippen LogP contribution is 2.22. The lowest BCUT2D eigenvalue weighted by Gasteiger charge is -2.38. The Bertz CT molecular complexity index is 485. The van der Waals surface area contributed by atoms with Crippen molar-refractivity contribution in [1.29, 1.82) is 0 Å². The van der Waals surface area contributed by atoms with Crippen molar-refractivity contribution in [1.82, 2.24) is 19.7 Å². The van der Waals surface area contributed by atoms with Crippen LogP contribution in [-0.4, -0.2) is 32.8 Å². The first-order valence-electron chi connectivity index (χ1n) is 5.94. The predicted octanol–water partition coefficient (Wildman–Crippen LogP) is 1.64. The molecule has 1 aliphatic heterocycles. The van der Waals surface area contributed by atoms with Crippen LogP contribution in [0.25, 0.3) is 0 Å². The molecule has 4 nitrogen and oxygen atoms in total. The van der Waals surface area contributed by atoms with E-state index in [0.29, 0.717) is 6.04 Å². The Balaban J connectivity index is 1.55. The zero-order valence-electron chi connectivity index (χ0n) is 9.95. The summed E-state index contributed by atoms with van der Waals surface area (Å²) in [6.07, 6.45) is 5.88. The van der Waals surface area contributed by atoms with E-state index in [9.17, 15) is 0 Å². The molecule has 0 saturated carbocycles. The highest BCUT2D eigenvalue weighted by atomic mass is 15.4. The molecular formula is C13H16N4. The van der Waals surface area contributed by atoms with E-state index in [4.69, 9.17) is 0 Å². The molecular weight excluding hydrogens is 212 g/mol. The Morgan fingerprint density at radius 1 is 1.35 bits per heavy atom. The highest BCUT2D eigenvalue weighted by Gasteiger charge is 2.28. The van der Waals surface area contributed by atoms with Crippen LogP contribution in [0.15, 0.2) is 36.8 Å². The van der Waals surface area contributed by atoms with E-state index < -0.39 is 0 Å². The fourth-order valence-corrected chi connectivity index (χ4v) is 2.19.